The molecule has 0 unspecified atom stereocenters. The Morgan fingerprint density at radius 3 is 0.652 bits per heavy atom. The molecule has 4 aromatic carbocycles. The maximum absolute atomic E-state index is 11.9. The van der Waals surface area contributed by atoms with Crippen molar-refractivity contribution in [3.8, 4) is 44.5 Å². The molecule has 8 bridgehead atoms. The minimum Gasteiger partial charge on any atom is -0.744 e. The van der Waals surface area contributed by atoms with Gasteiger partial charge < -0.3 is 28.2 Å². The normalized spacial score (nSPS) is 12.7. The molecule has 2 aliphatic rings. The van der Waals surface area contributed by atoms with Crippen LogP contribution in [0.5, 0.6) is 0 Å². The van der Waals surface area contributed by atoms with Gasteiger partial charge in [0, 0.05) is 44.3 Å². The van der Waals surface area contributed by atoms with Gasteiger partial charge in [0.1, 0.15) is 40.5 Å². The van der Waals surface area contributed by atoms with Gasteiger partial charge in [-0.2, -0.15) is 0 Å². The minimum absolute atomic E-state index is 0. The molecule has 66 heavy (non-hydrogen) atoms. The maximum Gasteiger partial charge on any atom is 2.00 e. The number of rotatable bonds is 8. The van der Waals surface area contributed by atoms with Crippen LogP contribution >= 0.6 is 0 Å². The van der Waals surface area contributed by atoms with E-state index in [4.69, 9.17) is 9.97 Å². The van der Waals surface area contributed by atoms with Gasteiger partial charge in [0.2, 0.25) is 0 Å². The van der Waals surface area contributed by atoms with E-state index in [1.807, 2.05) is 0 Å². The number of H-pyrrole nitrogens is 2. The molecule has 3 aromatic heterocycles. The Morgan fingerprint density at radius 1 is 0.303 bits per heavy atom. The first-order valence-electron chi connectivity index (χ1n) is 18.6. The van der Waals surface area contributed by atoms with Crippen LogP contribution in [-0.2, 0) is 81.3 Å². The van der Waals surface area contributed by atoms with Gasteiger partial charge in [0.25, 0.3) is 0 Å². The molecule has 0 fully saturated rings. The molecule has 0 spiro atoms. The van der Waals surface area contributed by atoms with Crippen molar-refractivity contribution >= 4 is 86.8 Å². The molecule has 0 amide bonds. The summed E-state index contributed by atoms with van der Waals surface area (Å²) in [5, 5.41) is 0. The van der Waals surface area contributed by atoms with E-state index in [1.165, 1.54) is 97.1 Å². The third kappa shape index (κ3) is 9.50. The summed E-state index contributed by atoms with van der Waals surface area (Å²) in [7, 11) is -19.2. The Bertz CT molecular complexity index is 3310. The summed E-state index contributed by atoms with van der Waals surface area (Å²) < 4.78 is 143. The zero-order chi connectivity index (χ0) is 45.3. The van der Waals surface area contributed by atoms with Crippen LogP contribution in [0.15, 0.2) is 141 Å². The van der Waals surface area contributed by atoms with E-state index < -0.39 is 60.1 Å². The largest absolute Gasteiger partial charge is 2.00 e. The van der Waals surface area contributed by atoms with Crippen LogP contribution in [0.4, 0.5) is 0 Å². The molecule has 2 aliphatic heterocycles. The molecule has 0 saturated heterocycles. The Morgan fingerprint density at radius 2 is 0.485 bits per heavy atom. The topological polar surface area (TPSA) is 286 Å². The fraction of sp³-hybridized carbons (Fsp3) is 0. The summed E-state index contributed by atoms with van der Waals surface area (Å²) in [6.45, 7) is 0. The first-order valence-corrected chi connectivity index (χ1v) is 24.3. The monoisotopic (exact) mass is 1140 g/mol. The molecule has 9 rings (SSSR count). The van der Waals surface area contributed by atoms with E-state index in [1.54, 1.807) is 48.6 Å². The molecule has 0 saturated carbocycles. The average molecular weight is 1140 g/mol. The third-order valence-electron chi connectivity index (χ3n) is 10.5. The molecule has 0 aliphatic carbocycles. The van der Waals surface area contributed by atoms with Gasteiger partial charge in [-0.05, 0) is 119 Å². The molecule has 7 aromatic rings. The Kier molecular flexibility index (Phi) is 13.1. The van der Waals surface area contributed by atoms with Crippen molar-refractivity contribution in [2.24, 2.45) is 0 Å². The average Bonchev–Trinajstić information content (AvgIpc) is 4.08. The summed E-state index contributed by atoms with van der Waals surface area (Å²) in [6, 6.07) is 27.8. The number of nitrogens with one attached hydrogen (secondary N) is 2. The smallest absolute Gasteiger partial charge is 0.744 e. The Balaban J connectivity index is 0.00000324. The first-order chi connectivity index (χ1) is 30.2. The fourth-order valence-electron chi connectivity index (χ4n) is 7.57. The van der Waals surface area contributed by atoms with Gasteiger partial charge in [-0.1, -0.05) is 48.5 Å². The number of fused-ring (bicyclic) bond motifs is 8. The third-order valence-corrected chi connectivity index (χ3v) is 13.9. The molecule has 16 nitrogen and oxygen atoms in total. The number of hydrogen-bond donors (Lipinski definition) is 2. The van der Waals surface area contributed by atoms with Crippen LogP contribution in [0.2, 0.25) is 0 Å². The number of hydrogen-bond acceptors (Lipinski definition) is 14. The van der Waals surface area contributed by atoms with Crippen molar-refractivity contribution in [1.29, 1.82) is 0 Å². The van der Waals surface area contributed by atoms with Crippen molar-refractivity contribution in [1.82, 2.24) is 19.9 Å². The summed E-state index contributed by atoms with van der Waals surface area (Å²) >= 11 is 0. The van der Waals surface area contributed by atoms with E-state index in [0.29, 0.717) is 89.4 Å². The van der Waals surface area contributed by atoms with E-state index >= 15 is 0 Å². The minimum atomic E-state index is -4.81. The molecule has 2 N–H and O–H groups in total. The van der Waals surface area contributed by atoms with Crippen LogP contribution in [0.3, 0.4) is 0 Å². The van der Waals surface area contributed by atoms with Gasteiger partial charge in [0.05, 0.1) is 42.4 Å². The van der Waals surface area contributed by atoms with Crippen LogP contribution in [0, 0.1) is 0 Å². The summed E-state index contributed by atoms with van der Waals surface area (Å²) in [5.41, 5.74) is 6.76. The predicted molar refractivity (Wildman–Crippen MR) is 232 cm³/mol. The van der Waals surface area contributed by atoms with Crippen molar-refractivity contribution in [2.45, 2.75) is 19.6 Å². The maximum atomic E-state index is 11.9. The zero-order valence-corrected chi connectivity index (χ0v) is 39.3. The van der Waals surface area contributed by atoms with Gasteiger partial charge in [0.15, 0.2) is 0 Å². The quantitative estimate of drug-likeness (QED) is 0.115. The number of benzene rings is 4. The van der Waals surface area contributed by atoms with E-state index in [-0.39, 0.29) is 40.8 Å². The Hall–Kier alpha value is -5.56. The van der Waals surface area contributed by atoms with Crippen LogP contribution in [0.25, 0.3) is 90.9 Å². The summed E-state index contributed by atoms with van der Waals surface area (Å²) in [5.74, 6) is 0. The van der Waals surface area contributed by atoms with Crippen molar-refractivity contribution in [3.63, 3.8) is 0 Å². The Labute approximate surface area is 404 Å². The van der Waals surface area contributed by atoms with Gasteiger partial charge in [-0.3, -0.25) is 0 Å². The predicted octanol–water partition coefficient (Wildman–Crippen LogP) is 6.94. The van der Waals surface area contributed by atoms with Crippen LogP contribution in [0.1, 0.15) is 22.8 Å². The zero-order valence-electron chi connectivity index (χ0n) is 32.9. The standard InChI is InChI=1S/C44H30N4O12S4.2Pd/c49-61(50,51)29-9-1-25(2-10-29)41-33-17-19-35(45-33)42(26-3-11-30(12-4-26)62(52,53)54)37-21-23-39(47-37)44(28-7-15-32(16-8-28)64(58,59)60)40-24-22-38(48-40)43(36-20-18-34(41)46-36)27-5-13-31(14-6-27)63(55,56)57;;/h1-24,45,48H,(H,49,50,51)(H,52,53,54)(H,55,56,57)(H,58,59,60);;/q;2*+2/p-4. The van der Waals surface area contributed by atoms with Gasteiger partial charge in [-0.15, -0.1) is 0 Å². The van der Waals surface area contributed by atoms with Crippen LogP contribution in [-0.4, -0.2) is 71.8 Å². The second kappa shape index (κ2) is 17.9. The van der Waals surface area contributed by atoms with E-state index in [2.05, 4.69) is 9.97 Å². The molecule has 338 valence electrons. The molecule has 0 atom stereocenters. The fourth-order valence-corrected chi connectivity index (χ4v) is 9.45. The number of aromatic amines is 2. The number of nitrogens with zero attached hydrogens (tertiary/aromatic N) is 2. The SMILES string of the molecule is O=S(=O)([O-])c1ccc(-c2c3nc(c(-c4ccc(S(=O)(=O)[O-])cc4)c4ccc([nH]4)c(-c4ccc(S(=O)(=O)[O-])cc4)c4nc(c(-c5ccc(S(=O)(=O)[O-])cc5)c5ccc2[nH]5)C=C4)C=C3)cc1.[Pd+2].[Pd+2]. The molecule has 0 radical (unpaired) electrons. The summed E-state index contributed by atoms with van der Waals surface area (Å²) in [6.07, 6.45) is 6.79. The van der Waals surface area contributed by atoms with Gasteiger partial charge in [-0.25, -0.2) is 43.6 Å². The second-order valence-corrected chi connectivity index (χ2v) is 19.9. The number of aromatic nitrogens is 4. The molecular weight excluding hydrogens is 1120 g/mol. The molecule has 5 heterocycles. The summed E-state index contributed by atoms with van der Waals surface area (Å²) in [4.78, 5) is 15.0. The van der Waals surface area contributed by atoms with Crippen molar-refractivity contribution in [3.05, 3.63) is 144 Å². The molecular formula is C44H26N4O12Pd2S4. The first kappa shape index (κ1) is 48.4. The van der Waals surface area contributed by atoms with E-state index in [9.17, 15) is 51.9 Å². The second-order valence-electron chi connectivity index (χ2n) is 14.4. The van der Waals surface area contributed by atoms with Crippen molar-refractivity contribution in [2.75, 3.05) is 0 Å². The van der Waals surface area contributed by atoms with E-state index in [0.717, 1.165) is 0 Å². The van der Waals surface area contributed by atoms with Gasteiger partial charge >= 0.3 is 40.8 Å². The molecule has 22 heteroatoms. The van der Waals surface area contributed by atoms with Crippen molar-refractivity contribution < 1.29 is 92.7 Å². The van der Waals surface area contributed by atoms with Crippen LogP contribution < -0.4 is 0 Å².